The Balaban J connectivity index is 2.54. The van der Waals surface area contributed by atoms with Gasteiger partial charge >= 0.3 is 0 Å². The molecule has 1 atom stereocenters. The van der Waals surface area contributed by atoms with Gasteiger partial charge in [-0.1, -0.05) is 48.0 Å². The van der Waals surface area contributed by atoms with E-state index in [0.717, 1.165) is 29.3 Å². The molecule has 1 aromatic carbocycles. The molecule has 0 radical (unpaired) electrons. The fraction of sp³-hybridized carbons (Fsp3) is 0.357. The van der Waals surface area contributed by atoms with Gasteiger partial charge in [-0.3, -0.25) is 4.79 Å². The first kappa shape index (κ1) is 12.4. The van der Waals surface area contributed by atoms with Crippen LogP contribution in [0.4, 0.5) is 0 Å². The Kier molecular flexibility index (Phi) is 3.67. The summed E-state index contributed by atoms with van der Waals surface area (Å²) < 4.78 is 0. The maximum atomic E-state index is 12.2. The van der Waals surface area contributed by atoms with E-state index >= 15 is 0 Å². The molecule has 2 nitrogen and oxygen atoms in total. The molecule has 0 saturated heterocycles. The number of hydrogen-bond acceptors (Lipinski definition) is 1. The second-order valence-corrected chi connectivity index (χ2v) is 5.24. The number of aromatic amines is 1. The van der Waals surface area contributed by atoms with Crippen molar-refractivity contribution in [3.8, 4) is 0 Å². The van der Waals surface area contributed by atoms with Crippen LogP contribution in [0, 0.1) is 0 Å². The van der Waals surface area contributed by atoms with Crippen LogP contribution in [-0.4, -0.2) is 15.6 Å². The third-order valence-electron chi connectivity index (χ3n) is 3.09. The zero-order valence-corrected chi connectivity index (χ0v) is 11.7. The molecule has 0 fully saturated rings. The fourth-order valence-electron chi connectivity index (χ4n) is 2.07. The van der Waals surface area contributed by atoms with Gasteiger partial charge in [0.25, 0.3) is 0 Å². The van der Waals surface area contributed by atoms with Gasteiger partial charge in [0.1, 0.15) is 0 Å². The highest BCUT2D eigenvalue weighted by atomic mass is 79.9. The van der Waals surface area contributed by atoms with Gasteiger partial charge in [0, 0.05) is 22.7 Å². The quantitative estimate of drug-likeness (QED) is 0.668. The second kappa shape index (κ2) is 5.05. The average molecular weight is 294 g/mol. The lowest BCUT2D eigenvalue weighted by Gasteiger charge is -2.05. The Morgan fingerprint density at radius 1 is 1.41 bits per heavy atom. The van der Waals surface area contributed by atoms with Gasteiger partial charge < -0.3 is 4.98 Å². The molecule has 0 aliphatic rings. The number of Topliss-reactive ketones (excluding diaryl/α,β-unsaturated/α-hetero) is 1. The topological polar surface area (TPSA) is 32.9 Å². The maximum absolute atomic E-state index is 12.2. The summed E-state index contributed by atoms with van der Waals surface area (Å²) in [6, 6.07) is 6.12. The molecule has 0 amide bonds. The van der Waals surface area contributed by atoms with Crippen LogP contribution in [0.5, 0.6) is 0 Å². The highest BCUT2D eigenvalue weighted by Crippen LogP contribution is 2.25. The molecule has 0 spiro atoms. The molecule has 0 unspecified atom stereocenters. The van der Waals surface area contributed by atoms with Crippen LogP contribution in [0.3, 0.4) is 0 Å². The second-order valence-electron chi connectivity index (χ2n) is 4.14. The van der Waals surface area contributed by atoms with E-state index in [9.17, 15) is 4.79 Å². The Morgan fingerprint density at radius 3 is 2.82 bits per heavy atom. The van der Waals surface area contributed by atoms with Crippen molar-refractivity contribution in [1.82, 2.24) is 4.98 Å². The number of H-pyrrole nitrogens is 1. The summed E-state index contributed by atoms with van der Waals surface area (Å²) >= 11 is 3.42. The van der Waals surface area contributed by atoms with Gasteiger partial charge in [0.2, 0.25) is 0 Å². The minimum absolute atomic E-state index is 0.0909. The molecule has 0 bridgehead atoms. The van der Waals surface area contributed by atoms with Crippen molar-refractivity contribution in [1.29, 1.82) is 0 Å². The van der Waals surface area contributed by atoms with Crippen LogP contribution in [0.2, 0.25) is 0 Å². The Labute approximate surface area is 110 Å². The van der Waals surface area contributed by atoms with Crippen molar-refractivity contribution in [2.75, 3.05) is 0 Å². The summed E-state index contributed by atoms with van der Waals surface area (Å²) in [5.74, 6) is 0.159. The first-order valence-corrected chi connectivity index (χ1v) is 6.87. The summed E-state index contributed by atoms with van der Waals surface area (Å²) in [5, 5.41) is 1.03. The molecule has 2 rings (SSSR count). The van der Waals surface area contributed by atoms with Crippen LogP contribution >= 0.6 is 15.9 Å². The van der Waals surface area contributed by atoms with Crippen LogP contribution in [-0.2, 0) is 6.42 Å². The Hall–Kier alpha value is -1.09. The van der Waals surface area contributed by atoms with E-state index in [2.05, 4.69) is 33.9 Å². The smallest absolute Gasteiger partial charge is 0.178 e. The summed E-state index contributed by atoms with van der Waals surface area (Å²) in [6.45, 7) is 4.13. The number of benzene rings is 1. The molecular formula is C14H16BrNO. The SMILES string of the molecule is CCc1cccc2c(C(=O)[C@H](Br)CC)c[nH]c12. The molecule has 17 heavy (non-hydrogen) atoms. The van der Waals surface area contributed by atoms with Gasteiger partial charge in [-0.25, -0.2) is 0 Å². The van der Waals surface area contributed by atoms with E-state index in [1.165, 1.54) is 5.56 Å². The van der Waals surface area contributed by atoms with Crippen molar-refractivity contribution in [2.45, 2.75) is 31.5 Å². The number of halogens is 1. The summed E-state index contributed by atoms with van der Waals surface area (Å²) in [7, 11) is 0. The van der Waals surface area contributed by atoms with Crippen molar-refractivity contribution in [2.24, 2.45) is 0 Å². The molecule has 0 aliphatic heterocycles. The van der Waals surface area contributed by atoms with E-state index in [0.29, 0.717) is 0 Å². The number of carbonyl (C=O) groups is 1. The van der Waals surface area contributed by atoms with E-state index in [1.54, 1.807) is 0 Å². The molecule has 0 aliphatic carbocycles. The standard InChI is InChI=1S/C14H16BrNO/c1-3-9-6-5-7-10-11(8-16-13(9)10)14(17)12(15)4-2/h5-8,12,16H,3-4H2,1-2H3/t12-/m1/s1. The summed E-state index contributed by atoms with van der Waals surface area (Å²) in [4.78, 5) is 15.3. The van der Waals surface area contributed by atoms with Gasteiger partial charge in [-0.05, 0) is 18.4 Å². The number of carbonyl (C=O) groups excluding carboxylic acids is 1. The number of ketones is 1. The lowest BCUT2D eigenvalue weighted by Crippen LogP contribution is -2.12. The largest absolute Gasteiger partial charge is 0.360 e. The first-order valence-electron chi connectivity index (χ1n) is 5.96. The van der Waals surface area contributed by atoms with Gasteiger partial charge in [0.15, 0.2) is 5.78 Å². The number of nitrogens with one attached hydrogen (secondary N) is 1. The van der Waals surface area contributed by atoms with E-state index < -0.39 is 0 Å². The minimum atomic E-state index is -0.0909. The molecule has 0 saturated carbocycles. The minimum Gasteiger partial charge on any atom is -0.360 e. The van der Waals surface area contributed by atoms with Gasteiger partial charge in [-0.15, -0.1) is 0 Å². The van der Waals surface area contributed by atoms with Crippen LogP contribution in [0.25, 0.3) is 10.9 Å². The van der Waals surface area contributed by atoms with Gasteiger partial charge in [0.05, 0.1) is 4.83 Å². The average Bonchev–Trinajstić information content (AvgIpc) is 2.80. The third kappa shape index (κ3) is 2.16. The Morgan fingerprint density at radius 2 is 2.18 bits per heavy atom. The molecule has 2 aromatic rings. The van der Waals surface area contributed by atoms with E-state index in [1.807, 2.05) is 25.3 Å². The molecule has 1 aromatic heterocycles. The van der Waals surface area contributed by atoms with Crippen molar-refractivity contribution < 1.29 is 4.79 Å². The molecule has 1 heterocycles. The maximum Gasteiger partial charge on any atom is 0.178 e. The van der Waals surface area contributed by atoms with Crippen molar-refractivity contribution >= 4 is 32.6 Å². The summed E-state index contributed by atoms with van der Waals surface area (Å²) in [6.07, 6.45) is 3.60. The molecule has 90 valence electrons. The predicted octanol–water partition coefficient (Wildman–Crippen LogP) is 4.09. The van der Waals surface area contributed by atoms with E-state index in [4.69, 9.17) is 0 Å². The number of fused-ring (bicyclic) bond motifs is 1. The molecular weight excluding hydrogens is 278 g/mol. The number of aryl methyl sites for hydroxylation is 1. The molecule has 3 heteroatoms. The lowest BCUT2D eigenvalue weighted by molar-refractivity contribution is 0.0992. The van der Waals surface area contributed by atoms with Crippen molar-refractivity contribution in [3.63, 3.8) is 0 Å². The fourth-order valence-corrected chi connectivity index (χ4v) is 2.32. The monoisotopic (exact) mass is 293 g/mol. The van der Waals surface area contributed by atoms with Crippen LogP contribution < -0.4 is 0 Å². The number of alkyl halides is 1. The molecule has 1 N–H and O–H groups in total. The number of para-hydroxylation sites is 1. The van der Waals surface area contributed by atoms with Gasteiger partial charge in [-0.2, -0.15) is 0 Å². The zero-order chi connectivity index (χ0) is 12.4. The summed E-state index contributed by atoms with van der Waals surface area (Å²) in [5.41, 5.74) is 3.14. The third-order valence-corrected chi connectivity index (χ3v) is 4.15. The first-order chi connectivity index (χ1) is 8.19. The lowest BCUT2D eigenvalue weighted by atomic mass is 10.0. The number of aromatic nitrogens is 1. The predicted molar refractivity (Wildman–Crippen MR) is 75.0 cm³/mol. The van der Waals surface area contributed by atoms with E-state index in [-0.39, 0.29) is 10.6 Å². The highest BCUT2D eigenvalue weighted by Gasteiger charge is 2.19. The number of rotatable bonds is 4. The normalized spacial score (nSPS) is 12.9. The van der Waals surface area contributed by atoms with Crippen LogP contribution in [0.15, 0.2) is 24.4 Å². The highest BCUT2D eigenvalue weighted by molar-refractivity contribution is 9.10. The number of hydrogen-bond donors (Lipinski definition) is 1. The Bertz CT molecular complexity index is 544. The van der Waals surface area contributed by atoms with Crippen LogP contribution in [0.1, 0.15) is 36.2 Å². The van der Waals surface area contributed by atoms with Crippen molar-refractivity contribution in [3.05, 3.63) is 35.5 Å². The zero-order valence-electron chi connectivity index (χ0n) is 10.1.